The highest BCUT2D eigenvalue weighted by Gasteiger charge is 2.34. The maximum Gasteiger partial charge on any atom is 0.396 e. The average molecular weight is 241 g/mol. The van der Waals surface area contributed by atoms with Gasteiger partial charge in [0.25, 0.3) is 0 Å². The third kappa shape index (κ3) is 8.62. The molecule has 6 heteroatoms. The van der Waals surface area contributed by atoms with E-state index >= 15 is 0 Å². The monoisotopic (exact) mass is 241 g/mol. The first kappa shape index (κ1) is 14.6. The van der Waals surface area contributed by atoms with E-state index in [1.165, 1.54) is 0 Å². The lowest BCUT2D eigenvalue weighted by molar-refractivity contribution is -0.149. The van der Waals surface area contributed by atoms with Crippen LogP contribution in [0.1, 0.15) is 6.92 Å². The fraction of sp³-hybridized carbons (Fsp3) is 0.889. The second-order valence-electron chi connectivity index (χ2n) is 3.88. The number of rotatable bonds is 6. The lowest BCUT2D eigenvalue weighted by atomic mass is 10.2. The van der Waals surface area contributed by atoms with Crippen LogP contribution in [0.4, 0.5) is 13.2 Å². The predicted octanol–water partition coefficient (Wildman–Crippen LogP) is 2.72. The van der Waals surface area contributed by atoms with Crippen molar-refractivity contribution in [1.82, 2.24) is 0 Å². The standard InChI is InChI=1S/C9H18F3NOSi/c1-8(9(10,11)12)6-13-7-14-4-5-15(2)3/h6,8,15H,4-5,7H2,1-3H3. The second kappa shape index (κ2) is 7.00. The molecule has 0 aliphatic heterocycles. The molecule has 0 rings (SSSR count). The van der Waals surface area contributed by atoms with Crippen LogP contribution in [0.25, 0.3) is 0 Å². The Bertz CT molecular complexity index is 194. The summed E-state index contributed by atoms with van der Waals surface area (Å²) in [6.45, 7) is 6.09. The fourth-order valence-corrected chi connectivity index (χ4v) is 1.36. The highest BCUT2D eigenvalue weighted by Crippen LogP contribution is 2.23. The molecule has 0 spiro atoms. The first-order valence-corrected chi connectivity index (χ1v) is 8.11. The molecular formula is C9H18F3NOSi. The van der Waals surface area contributed by atoms with Crippen molar-refractivity contribution in [3.8, 4) is 0 Å². The number of alkyl halides is 3. The predicted molar refractivity (Wildman–Crippen MR) is 58.2 cm³/mol. The molecule has 0 fully saturated rings. The van der Waals surface area contributed by atoms with Gasteiger partial charge in [-0.05, 0) is 13.0 Å². The van der Waals surface area contributed by atoms with Gasteiger partial charge in [0.2, 0.25) is 0 Å². The third-order valence-electron chi connectivity index (χ3n) is 1.85. The van der Waals surface area contributed by atoms with E-state index in [2.05, 4.69) is 18.1 Å². The van der Waals surface area contributed by atoms with Crippen molar-refractivity contribution in [2.24, 2.45) is 10.9 Å². The van der Waals surface area contributed by atoms with Crippen molar-refractivity contribution in [3.63, 3.8) is 0 Å². The van der Waals surface area contributed by atoms with E-state index in [1.807, 2.05) is 0 Å². The summed E-state index contributed by atoms with van der Waals surface area (Å²) in [6, 6.07) is 1.03. The molecule has 2 nitrogen and oxygen atoms in total. The van der Waals surface area contributed by atoms with E-state index in [1.54, 1.807) is 0 Å². The summed E-state index contributed by atoms with van der Waals surface area (Å²) in [7, 11) is -0.626. The van der Waals surface area contributed by atoms with E-state index < -0.39 is 20.9 Å². The molecule has 0 saturated carbocycles. The summed E-state index contributed by atoms with van der Waals surface area (Å²) in [4.78, 5) is 3.58. The Morgan fingerprint density at radius 2 is 2.00 bits per heavy atom. The van der Waals surface area contributed by atoms with E-state index in [4.69, 9.17) is 4.74 Å². The van der Waals surface area contributed by atoms with Crippen molar-refractivity contribution < 1.29 is 17.9 Å². The quantitative estimate of drug-likeness (QED) is 0.398. The lowest BCUT2D eigenvalue weighted by Gasteiger charge is -2.09. The van der Waals surface area contributed by atoms with Crippen LogP contribution in [0.15, 0.2) is 4.99 Å². The van der Waals surface area contributed by atoms with Gasteiger partial charge in [-0.2, -0.15) is 13.2 Å². The molecule has 0 N–H and O–H groups in total. The van der Waals surface area contributed by atoms with Gasteiger partial charge in [0.05, 0.1) is 5.92 Å². The first-order chi connectivity index (χ1) is 6.84. The molecule has 1 atom stereocenters. The molecule has 0 aromatic heterocycles. The van der Waals surface area contributed by atoms with Crippen LogP contribution >= 0.6 is 0 Å². The summed E-state index contributed by atoms with van der Waals surface area (Å²) in [5.41, 5.74) is 0. The van der Waals surface area contributed by atoms with Crippen molar-refractivity contribution in [1.29, 1.82) is 0 Å². The summed E-state index contributed by atoms with van der Waals surface area (Å²) in [6.07, 6.45) is -3.30. The first-order valence-electron chi connectivity index (χ1n) is 4.98. The van der Waals surface area contributed by atoms with Crippen LogP contribution in [-0.2, 0) is 4.74 Å². The maximum atomic E-state index is 12.0. The molecule has 0 radical (unpaired) electrons. The molecule has 0 bridgehead atoms. The van der Waals surface area contributed by atoms with Gasteiger partial charge in [0.1, 0.15) is 6.73 Å². The van der Waals surface area contributed by atoms with Crippen LogP contribution in [0.5, 0.6) is 0 Å². The van der Waals surface area contributed by atoms with Crippen LogP contribution in [0, 0.1) is 5.92 Å². The number of hydrogen-bond donors (Lipinski definition) is 0. The zero-order chi connectivity index (χ0) is 11.9. The van der Waals surface area contributed by atoms with E-state index in [0.29, 0.717) is 6.61 Å². The van der Waals surface area contributed by atoms with Crippen LogP contribution in [0.3, 0.4) is 0 Å². The van der Waals surface area contributed by atoms with Gasteiger partial charge in [-0.3, -0.25) is 4.99 Å². The van der Waals surface area contributed by atoms with Gasteiger partial charge in [-0.1, -0.05) is 13.1 Å². The van der Waals surface area contributed by atoms with Crippen LogP contribution < -0.4 is 0 Å². The van der Waals surface area contributed by atoms with Gasteiger partial charge >= 0.3 is 6.18 Å². The number of aliphatic imine (C=N–C) groups is 1. The Morgan fingerprint density at radius 1 is 1.40 bits per heavy atom. The Morgan fingerprint density at radius 3 is 2.47 bits per heavy atom. The van der Waals surface area contributed by atoms with Crippen molar-refractivity contribution in [2.75, 3.05) is 13.3 Å². The van der Waals surface area contributed by atoms with E-state index in [0.717, 1.165) is 19.2 Å². The minimum atomic E-state index is -4.20. The van der Waals surface area contributed by atoms with E-state index in [9.17, 15) is 13.2 Å². The van der Waals surface area contributed by atoms with Gasteiger partial charge in [-0.15, -0.1) is 0 Å². The zero-order valence-corrected chi connectivity index (χ0v) is 10.5. The Kier molecular flexibility index (Phi) is 6.83. The Hall–Kier alpha value is -0.363. The van der Waals surface area contributed by atoms with E-state index in [-0.39, 0.29) is 6.73 Å². The second-order valence-corrected chi connectivity index (χ2v) is 7.25. The van der Waals surface area contributed by atoms with Crippen LogP contribution in [0.2, 0.25) is 19.1 Å². The summed E-state index contributed by atoms with van der Waals surface area (Å²) in [5.74, 6) is -1.50. The van der Waals surface area contributed by atoms with Crippen molar-refractivity contribution >= 4 is 15.0 Å². The normalized spacial score (nSPS) is 15.1. The number of nitrogens with zero attached hydrogens (tertiary/aromatic N) is 1. The van der Waals surface area contributed by atoms with Gasteiger partial charge in [0, 0.05) is 21.6 Å². The minimum absolute atomic E-state index is 0.0293. The molecule has 15 heavy (non-hydrogen) atoms. The van der Waals surface area contributed by atoms with Gasteiger partial charge in [-0.25, -0.2) is 0 Å². The molecule has 0 aliphatic rings. The number of ether oxygens (including phenoxy) is 1. The summed E-state index contributed by atoms with van der Waals surface area (Å²) in [5, 5.41) is 0. The maximum absolute atomic E-state index is 12.0. The summed E-state index contributed by atoms with van der Waals surface area (Å²) < 4.78 is 41.1. The Labute approximate surface area is 90.1 Å². The average Bonchev–Trinajstić information content (AvgIpc) is 2.08. The lowest BCUT2D eigenvalue weighted by Crippen LogP contribution is -2.21. The smallest absolute Gasteiger partial charge is 0.360 e. The SMILES string of the molecule is CC(C=NCOCC[SiH](C)C)C(F)(F)F. The van der Waals surface area contributed by atoms with Crippen molar-refractivity contribution in [2.45, 2.75) is 32.2 Å². The largest absolute Gasteiger partial charge is 0.396 e. The highest BCUT2D eigenvalue weighted by molar-refractivity contribution is 6.55. The third-order valence-corrected chi connectivity index (χ3v) is 3.24. The fourth-order valence-electron chi connectivity index (χ4n) is 0.722. The van der Waals surface area contributed by atoms with Gasteiger partial charge in [0.15, 0.2) is 0 Å². The zero-order valence-electron chi connectivity index (χ0n) is 9.34. The van der Waals surface area contributed by atoms with Gasteiger partial charge < -0.3 is 4.74 Å². The topological polar surface area (TPSA) is 21.6 Å². The molecule has 0 aromatic rings. The minimum Gasteiger partial charge on any atom is -0.360 e. The van der Waals surface area contributed by atoms with Crippen molar-refractivity contribution in [3.05, 3.63) is 0 Å². The van der Waals surface area contributed by atoms with Crippen LogP contribution in [-0.4, -0.2) is 34.5 Å². The molecular weight excluding hydrogens is 223 g/mol. The Balaban J connectivity index is 3.55. The molecule has 0 amide bonds. The molecule has 0 saturated heterocycles. The number of hydrogen-bond acceptors (Lipinski definition) is 2. The molecule has 90 valence electrons. The molecule has 0 aliphatic carbocycles. The summed E-state index contributed by atoms with van der Waals surface area (Å²) >= 11 is 0. The highest BCUT2D eigenvalue weighted by atomic mass is 28.3. The molecule has 1 unspecified atom stereocenters. The number of halogens is 3. The molecule has 0 heterocycles. The molecule has 0 aromatic carbocycles.